The number of amides is 2. The van der Waals surface area contributed by atoms with Gasteiger partial charge in [0.1, 0.15) is 0 Å². The number of benzene rings is 2. The highest BCUT2D eigenvalue weighted by Crippen LogP contribution is 2.23. The maximum absolute atomic E-state index is 13.7. The molecule has 1 saturated heterocycles. The number of ketones is 1. The minimum absolute atomic E-state index is 0.00333. The van der Waals surface area contributed by atoms with Gasteiger partial charge in [-0.25, -0.2) is 9.18 Å². The van der Waals surface area contributed by atoms with E-state index < -0.39 is 24.2 Å². The molecule has 0 unspecified atom stereocenters. The summed E-state index contributed by atoms with van der Waals surface area (Å²) in [5, 5.41) is 0. The molecule has 0 N–H and O–H groups in total. The standard InChI is InChI=1S/C20H16FNO6/c1-27-17-7-4-13(10-15(17)21)16(23)11-28-20(26)12-2-5-14(6-3-12)22-18(24)8-9-19(22)25/h2-7,10H,8-9,11H2,1H3. The lowest BCUT2D eigenvalue weighted by Crippen LogP contribution is -2.28. The zero-order valence-corrected chi connectivity index (χ0v) is 14.9. The zero-order chi connectivity index (χ0) is 20.3. The van der Waals surface area contributed by atoms with Gasteiger partial charge in [0.05, 0.1) is 18.4 Å². The summed E-state index contributed by atoms with van der Waals surface area (Å²) in [6.07, 6.45) is 0.327. The number of rotatable bonds is 6. The minimum Gasteiger partial charge on any atom is -0.494 e. The molecule has 3 rings (SSSR count). The third-order valence-electron chi connectivity index (χ3n) is 4.22. The molecule has 8 heteroatoms. The smallest absolute Gasteiger partial charge is 0.338 e. The average Bonchev–Trinajstić information content (AvgIpc) is 3.04. The van der Waals surface area contributed by atoms with Gasteiger partial charge in [-0.2, -0.15) is 0 Å². The van der Waals surface area contributed by atoms with Crippen LogP contribution in [-0.4, -0.2) is 37.3 Å². The molecule has 0 aromatic heterocycles. The fourth-order valence-corrected chi connectivity index (χ4v) is 2.75. The van der Waals surface area contributed by atoms with Crippen molar-refractivity contribution in [1.82, 2.24) is 0 Å². The number of esters is 1. The monoisotopic (exact) mass is 385 g/mol. The van der Waals surface area contributed by atoms with Gasteiger partial charge in [-0.1, -0.05) is 0 Å². The Bertz CT molecular complexity index is 938. The van der Waals surface area contributed by atoms with Crippen LogP contribution < -0.4 is 9.64 Å². The lowest BCUT2D eigenvalue weighted by atomic mass is 10.1. The first-order valence-corrected chi connectivity index (χ1v) is 8.40. The number of hydrogen-bond donors (Lipinski definition) is 0. The van der Waals surface area contributed by atoms with Gasteiger partial charge in [-0.05, 0) is 42.5 Å². The molecule has 1 fully saturated rings. The number of Topliss-reactive ketones (excluding diaryl/α,β-unsaturated/α-hetero) is 1. The first-order valence-electron chi connectivity index (χ1n) is 8.40. The minimum atomic E-state index is -0.757. The highest BCUT2D eigenvalue weighted by molar-refractivity contribution is 6.19. The van der Waals surface area contributed by atoms with E-state index in [-0.39, 0.29) is 41.5 Å². The van der Waals surface area contributed by atoms with Gasteiger partial charge in [0.2, 0.25) is 11.8 Å². The molecule has 7 nitrogen and oxygen atoms in total. The van der Waals surface area contributed by atoms with Crippen LogP contribution in [0, 0.1) is 5.82 Å². The van der Waals surface area contributed by atoms with E-state index in [4.69, 9.17) is 9.47 Å². The summed E-state index contributed by atoms with van der Waals surface area (Å²) in [6.45, 7) is -0.560. The fourth-order valence-electron chi connectivity index (χ4n) is 2.75. The SMILES string of the molecule is COc1ccc(C(=O)COC(=O)c2ccc(N3C(=O)CCC3=O)cc2)cc1F. The number of hydrogen-bond acceptors (Lipinski definition) is 6. The fraction of sp³-hybridized carbons (Fsp3) is 0.200. The van der Waals surface area contributed by atoms with Crippen LogP contribution in [0.2, 0.25) is 0 Å². The predicted molar refractivity (Wildman–Crippen MR) is 95.7 cm³/mol. The van der Waals surface area contributed by atoms with Crippen molar-refractivity contribution in [2.45, 2.75) is 12.8 Å². The van der Waals surface area contributed by atoms with Gasteiger partial charge in [0.25, 0.3) is 0 Å². The van der Waals surface area contributed by atoms with Crippen LogP contribution >= 0.6 is 0 Å². The van der Waals surface area contributed by atoms with Gasteiger partial charge < -0.3 is 9.47 Å². The Kier molecular flexibility index (Phi) is 5.49. The van der Waals surface area contributed by atoms with Crippen molar-refractivity contribution in [3.05, 3.63) is 59.4 Å². The quantitative estimate of drug-likeness (QED) is 0.431. The van der Waals surface area contributed by atoms with Gasteiger partial charge >= 0.3 is 5.97 Å². The molecule has 28 heavy (non-hydrogen) atoms. The third-order valence-corrected chi connectivity index (χ3v) is 4.22. The van der Waals surface area contributed by atoms with Crippen LogP contribution in [0.5, 0.6) is 5.75 Å². The summed E-state index contributed by atoms with van der Waals surface area (Å²) in [5.74, 6) is -2.60. The molecule has 0 bridgehead atoms. The van der Waals surface area contributed by atoms with E-state index in [1.165, 1.54) is 43.5 Å². The van der Waals surface area contributed by atoms with Crippen molar-refractivity contribution in [2.24, 2.45) is 0 Å². The average molecular weight is 385 g/mol. The Balaban J connectivity index is 1.62. The molecule has 1 aliphatic rings. The van der Waals surface area contributed by atoms with E-state index in [0.717, 1.165) is 11.0 Å². The molecule has 0 saturated carbocycles. The molecule has 0 spiro atoms. The maximum atomic E-state index is 13.7. The number of methoxy groups -OCH3 is 1. The molecule has 0 radical (unpaired) electrons. The van der Waals surface area contributed by atoms with Crippen LogP contribution in [0.15, 0.2) is 42.5 Å². The lowest BCUT2D eigenvalue weighted by molar-refractivity contribution is -0.121. The summed E-state index contributed by atoms with van der Waals surface area (Å²) in [7, 11) is 1.31. The normalized spacial score (nSPS) is 13.6. The van der Waals surface area contributed by atoms with Gasteiger partial charge in [0, 0.05) is 18.4 Å². The molecule has 0 aliphatic carbocycles. The summed E-state index contributed by atoms with van der Waals surface area (Å²) in [6, 6.07) is 9.40. The first kappa shape index (κ1) is 19.2. The van der Waals surface area contributed by atoms with Crippen molar-refractivity contribution in [2.75, 3.05) is 18.6 Å². The number of anilines is 1. The summed E-state index contributed by atoms with van der Waals surface area (Å²) >= 11 is 0. The largest absolute Gasteiger partial charge is 0.494 e. The molecular formula is C20H16FNO6. The van der Waals surface area contributed by atoms with Crippen LogP contribution in [0.4, 0.5) is 10.1 Å². The topological polar surface area (TPSA) is 90.0 Å². The Morgan fingerprint density at radius 3 is 2.18 bits per heavy atom. The molecule has 2 aromatic rings. The summed E-state index contributed by atoms with van der Waals surface area (Å²) < 4.78 is 23.4. The lowest BCUT2D eigenvalue weighted by Gasteiger charge is -2.14. The summed E-state index contributed by atoms with van der Waals surface area (Å²) in [5.41, 5.74) is 0.567. The molecule has 0 atom stereocenters. The van der Waals surface area contributed by atoms with Crippen molar-refractivity contribution in [3.63, 3.8) is 0 Å². The second-order valence-corrected chi connectivity index (χ2v) is 6.02. The van der Waals surface area contributed by atoms with E-state index in [0.29, 0.717) is 5.69 Å². The molecule has 2 amide bonds. The molecule has 1 heterocycles. The van der Waals surface area contributed by atoms with E-state index in [9.17, 15) is 23.6 Å². The van der Waals surface area contributed by atoms with Gasteiger partial charge in [-0.3, -0.25) is 19.3 Å². The first-order chi connectivity index (χ1) is 13.4. The number of imide groups is 1. The number of carbonyl (C=O) groups excluding carboxylic acids is 4. The maximum Gasteiger partial charge on any atom is 0.338 e. The van der Waals surface area contributed by atoms with E-state index in [1.807, 2.05) is 0 Å². The number of carbonyl (C=O) groups is 4. The molecule has 2 aromatic carbocycles. The van der Waals surface area contributed by atoms with Gasteiger partial charge in [0.15, 0.2) is 24.0 Å². The highest BCUT2D eigenvalue weighted by Gasteiger charge is 2.30. The third kappa shape index (κ3) is 3.90. The number of ether oxygens (including phenoxy) is 2. The molecule has 144 valence electrons. The Morgan fingerprint density at radius 1 is 1.00 bits per heavy atom. The Morgan fingerprint density at radius 2 is 1.61 bits per heavy atom. The zero-order valence-electron chi connectivity index (χ0n) is 14.9. The van der Waals surface area contributed by atoms with E-state index >= 15 is 0 Å². The number of halogens is 1. The van der Waals surface area contributed by atoms with Crippen molar-refractivity contribution < 1.29 is 33.0 Å². The van der Waals surface area contributed by atoms with Crippen LogP contribution in [-0.2, 0) is 14.3 Å². The van der Waals surface area contributed by atoms with Crippen molar-refractivity contribution in [3.8, 4) is 5.75 Å². The van der Waals surface area contributed by atoms with Gasteiger partial charge in [-0.15, -0.1) is 0 Å². The van der Waals surface area contributed by atoms with E-state index in [2.05, 4.69) is 0 Å². The van der Waals surface area contributed by atoms with Crippen molar-refractivity contribution >= 4 is 29.3 Å². The van der Waals surface area contributed by atoms with Crippen LogP contribution in [0.3, 0.4) is 0 Å². The van der Waals surface area contributed by atoms with Crippen LogP contribution in [0.25, 0.3) is 0 Å². The Hall–Kier alpha value is -3.55. The number of nitrogens with zero attached hydrogens (tertiary/aromatic N) is 1. The van der Waals surface area contributed by atoms with Crippen molar-refractivity contribution in [1.29, 1.82) is 0 Å². The second-order valence-electron chi connectivity index (χ2n) is 6.02. The predicted octanol–water partition coefficient (Wildman–Crippen LogP) is 2.53. The second kappa shape index (κ2) is 7.99. The highest BCUT2D eigenvalue weighted by atomic mass is 19.1. The van der Waals surface area contributed by atoms with Crippen LogP contribution in [0.1, 0.15) is 33.6 Å². The molecular weight excluding hydrogens is 369 g/mol. The molecule has 1 aliphatic heterocycles. The Labute approximate surface area is 159 Å². The van der Waals surface area contributed by atoms with E-state index in [1.54, 1.807) is 0 Å². The summed E-state index contributed by atoms with van der Waals surface area (Å²) in [4.78, 5) is 48.7.